The van der Waals surface area contributed by atoms with E-state index in [4.69, 9.17) is 0 Å². The fraction of sp³-hybridized carbons (Fsp3) is 0.429. The van der Waals surface area contributed by atoms with Gasteiger partial charge in [0.25, 0.3) is 0 Å². The molecule has 0 radical (unpaired) electrons. The van der Waals surface area contributed by atoms with Gasteiger partial charge in [0, 0.05) is 22.4 Å². The lowest BCUT2D eigenvalue weighted by atomic mass is 10.2. The van der Waals surface area contributed by atoms with Gasteiger partial charge in [-0.3, -0.25) is 4.79 Å². The van der Waals surface area contributed by atoms with Crippen molar-refractivity contribution in [3.05, 3.63) is 27.9 Å². The molecule has 1 aliphatic rings. The van der Waals surface area contributed by atoms with Gasteiger partial charge in [0.1, 0.15) is 5.01 Å². The molecule has 1 N–H and O–H groups in total. The Labute approximate surface area is 120 Å². The van der Waals surface area contributed by atoms with Crippen molar-refractivity contribution in [3.8, 4) is 10.6 Å². The van der Waals surface area contributed by atoms with E-state index in [0.717, 1.165) is 29.1 Å². The molecular weight excluding hydrogens is 276 g/mol. The predicted octanol–water partition coefficient (Wildman–Crippen LogP) is 3.47. The average molecular weight is 292 g/mol. The maximum Gasteiger partial charge on any atom is 0.226 e. The molecule has 0 aromatic carbocycles. The van der Waals surface area contributed by atoms with Gasteiger partial charge in [0.15, 0.2) is 0 Å². The third kappa shape index (κ3) is 3.22. The summed E-state index contributed by atoms with van der Waals surface area (Å²) in [4.78, 5) is 16.5. The number of hydrogen-bond acceptors (Lipinski definition) is 4. The van der Waals surface area contributed by atoms with Crippen molar-refractivity contribution >= 4 is 28.6 Å². The first kappa shape index (κ1) is 12.8. The van der Waals surface area contributed by atoms with Gasteiger partial charge in [0.2, 0.25) is 5.91 Å². The van der Waals surface area contributed by atoms with Crippen LogP contribution in [0.5, 0.6) is 0 Å². The number of rotatable bonds is 4. The van der Waals surface area contributed by atoms with Crippen LogP contribution in [0.3, 0.4) is 0 Å². The van der Waals surface area contributed by atoms with Gasteiger partial charge >= 0.3 is 0 Å². The van der Waals surface area contributed by atoms with E-state index < -0.39 is 0 Å². The molecule has 0 unspecified atom stereocenters. The normalized spacial score (nSPS) is 15.8. The molecule has 1 amide bonds. The minimum absolute atomic E-state index is 0.106. The van der Waals surface area contributed by atoms with Crippen LogP contribution >= 0.6 is 22.7 Å². The van der Waals surface area contributed by atoms with Crippen LogP contribution in [-0.2, 0) is 11.2 Å². The fourth-order valence-corrected chi connectivity index (χ4v) is 3.95. The summed E-state index contributed by atoms with van der Waals surface area (Å²) in [6.45, 7) is 0. The lowest BCUT2D eigenvalue weighted by Crippen LogP contribution is -2.33. The summed E-state index contributed by atoms with van der Waals surface area (Å²) in [6.07, 6.45) is 5.14. The number of nitrogens with one attached hydrogen (secondary N) is 1. The number of hydrogen-bond donors (Lipinski definition) is 1. The Balaban J connectivity index is 1.59. The number of aromatic nitrogens is 1. The second kappa shape index (κ2) is 5.84. The summed E-state index contributed by atoms with van der Waals surface area (Å²) in [5.74, 6) is 0.106. The molecule has 2 heterocycles. The van der Waals surface area contributed by atoms with Gasteiger partial charge in [-0.1, -0.05) is 12.8 Å². The minimum Gasteiger partial charge on any atom is -0.353 e. The van der Waals surface area contributed by atoms with Crippen LogP contribution in [0.25, 0.3) is 10.6 Å². The standard InChI is InChI=1S/C14H16N2OS2/c17-13(15-11-3-1-2-4-11)7-12-9-19-14(16-12)10-5-6-18-8-10/h5-6,8-9,11H,1-4,7H2,(H,15,17). The van der Waals surface area contributed by atoms with E-state index in [1.807, 2.05) is 10.8 Å². The lowest BCUT2D eigenvalue weighted by Gasteiger charge is -2.10. The summed E-state index contributed by atoms with van der Waals surface area (Å²) in [5.41, 5.74) is 2.03. The highest BCUT2D eigenvalue weighted by Gasteiger charge is 2.17. The molecule has 0 aliphatic heterocycles. The van der Waals surface area contributed by atoms with Gasteiger partial charge in [0.05, 0.1) is 12.1 Å². The molecule has 19 heavy (non-hydrogen) atoms. The number of amides is 1. The third-order valence-electron chi connectivity index (χ3n) is 3.38. The molecule has 3 nitrogen and oxygen atoms in total. The summed E-state index contributed by atoms with van der Waals surface area (Å²) < 4.78 is 0. The van der Waals surface area contributed by atoms with E-state index in [0.29, 0.717) is 12.5 Å². The van der Waals surface area contributed by atoms with E-state index in [1.54, 1.807) is 22.7 Å². The average Bonchev–Trinajstić information content (AvgIpc) is 3.09. The van der Waals surface area contributed by atoms with Crippen molar-refractivity contribution in [2.24, 2.45) is 0 Å². The molecule has 1 fully saturated rings. The Morgan fingerprint density at radius 1 is 1.37 bits per heavy atom. The van der Waals surface area contributed by atoms with Crippen LogP contribution in [0.1, 0.15) is 31.4 Å². The van der Waals surface area contributed by atoms with Crippen LogP contribution in [0.2, 0.25) is 0 Å². The zero-order chi connectivity index (χ0) is 13.1. The molecule has 0 spiro atoms. The second-order valence-corrected chi connectivity index (χ2v) is 6.52. The topological polar surface area (TPSA) is 42.0 Å². The molecule has 1 saturated carbocycles. The smallest absolute Gasteiger partial charge is 0.226 e. The van der Waals surface area contributed by atoms with Crippen molar-refractivity contribution in [2.45, 2.75) is 38.1 Å². The zero-order valence-corrected chi connectivity index (χ0v) is 12.2. The minimum atomic E-state index is 0.106. The molecule has 0 saturated heterocycles. The number of thiazole rings is 1. The van der Waals surface area contributed by atoms with Gasteiger partial charge in [-0.25, -0.2) is 4.98 Å². The number of nitrogens with zero attached hydrogens (tertiary/aromatic N) is 1. The lowest BCUT2D eigenvalue weighted by molar-refractivity contribution is -0.121. The van der Waals surface area contributed by atoms with Crippen LogP contribution in [0.4, 0.5) is 0 Å². The van der Waals surface area contributed by atoms with E-state index in [1.165, 1.54) is 12.8 Å². The van der Waals surface area contributed by atoms with Gasteiger partial charge in [-0.15, -0.1) is 11.3 Å². The van der Waals surface area contributed by atoms with Crippen LogP contribution in [-0.4, -0.2) is 16.9 Å². The first-order valence-electron chi connectivity index (χ1n) is 6.57. The Morgan fingerprint density at radius 3 is 2.95 bits per heavy atom. The highest BCUT2D eigenvalue weighted by Crippen LogP contribution is 2.26. The Hall–Kier alpha value is -1.20. The molecule has 1 aliphatic carbocycles. The van der Waals surface area contributed by atoms with Crippen molar-refractivity contribution in [1.29, 1.82) is 0 Å². The van der Waals surface area contributed by atoms with Crippen molar-refractivity contribution in [3.63, 3.8) is 0 Å². The summed E-state index contributed by atoms with van der Waals surface area (Å²) in [7, 11) is 0. The van der Waals surface area contributed by atoms with E-state index in [9.17, 15) is 4.79 Å². The zero-order valence-electron chi connectivity index (χ0n) is 10.6. The van der Waals surface area contributed by atoms with Crippen LogP contribution in [0.15, 0.2) is 22.2 Å². The molecule has 3 rings (SSSR count). The second-order valence-electron chi connectivity index (χ2n) is 4.88. The van der Waals surface area contributed by atoms with E-state index >= 15 is 0 Å². The Kier molecular flexibility index (Phi) is 3.94. The molecule has 0 atom stereocenters. The van der Waals surface area contributed by atoms with Crippen LogP contribution in [0, 0.1) is 0 Å². The number of thiophene rings is 1. The van der Waals surface area contributed by atoms with E-state index in [-0.39, 0.29) is 5.91 Å². The molecule has 100 valence electrons. The van der Waals surface area contributed by atoms with Gasteiger partial charge in [-0.2, -0.15) is 11.3 Å². The Morgan fingerprint density at radius 2 is 2.21 bits per heavy atom. The number of carbonyl (C=O) groups excluding carboxylic acids is 1. The molecule has 0 bridgehead atoms. The molecular formula is C14H16N2OS2. The molecule has 5 heteroatoms. The highest BCUT2D eigenvalue weighted by molar-refractivity contribution is 7.14. The largest absolute Gasteiger partial charge is 0.353 e. The van der Waals surface area contributed by atoms with Gasteiger partial charge < -0.3 is 5.32 Å². The maximum absolute atomic E-state index is 11.9. The molecule has 2 aromatic rings. The first-order valence-corrected chi connectivity index (χ1v) is 8.40. The highest BCUT2D eigenvalue weighted by atomic mass is 32.1. The molecule has 2 aromatic heterocycles. The Bertz CT molecular complexity index is 542. The summed E-state index contributed by atoms with van der Waals surface area (Å²) >= 11 is 3.27. The van der Waals surface area contributed by atoms with Crippen molar-refractivity contribution in [2.75, 3.05) is 0 Å². The first-order chi connectivity index (χ1) is 9.31. The fourth-order valence-electron chi connectivity index (χ4n) is 2.42. The summed E-state index contributed by atoms with van der Waals surface area (Å²) in [6, 6.07) is 2.45. The quantitative estimate of drug-likeness (QED) is 0.937. The van der Waals surface area contributed by atoms with Crippen LogP contribution < -0.4 is 5.32 Å². The SMILES string of the molecule is O=C(Cc1csc(-c2ccsc2)n1)NC1CCCC1. The van der Waals surface area contributed by atoms with Crippen molar-refractivity contribution in [1.82, 2.24) is 10.3 Å². The van der Waals surface area contributed by atoms with E-state index in [2.05, 4.69) is 21.7 Å². The monoisotopic (exact) mass is 292 g/mol. The maximum atomic E-state index is 11.9. The van der Waals surface area contributed by atoms with Crippen molar-refractivity contribution < 1.29 is 4.79 Å². The predicted molar refractivity (Wildman–Crippen MR) is 79.5 cm³/mol. The third-order valence-corrected chi connectivity index (χ3v) is 5.01. The van der Waals surface area contributed by atoms with Gasteiger partial charge in [-0.05, 0) is 24.3 Å². The number of carbonyl (C=O) groups is 1. The summed E-state index contributed by atoms with van der Waals surface area (Å²) in [5, 5.41) is 10.2.